The summed E-state index contributed by atoms with van der Waals surface area (Å²) in [6.45, 7) is 0. The van der Waals surface area contributed by atoms with Gasteiger partial charge in [0.2, 0.25) is 0 Å². The molecule has 0 amide bonds. The van der Waals surface area contributed by atoms with Crippen LogP contribution in [-0.4, -0.2) is 9.55 Å². The van der Waals surface area contributed by atoms with Crippen LogP contribution in [0.25, 0.3) is 51.4 Å². The molecule has 0 bridgehead atoms. The second kappa shape index (κ2) is 3.96. The lowest BCUT2D eigenvalue weighted by Gasteiger charge is -1.97. The molecule has 0 aliphatic heterocycles. The van der Waals surface area contributed by atoms with Crippen molar-refractivity contribution in [2.75, 3.05) is 0 Å². The third-order valence-corrected chi connectivity index (χ3v) is 7.48. The van der Waals surface area contributed by atoms with Crippen molar-refractivity contribution >= 4 is 74.1 Å². The predicted octanol–water partition coefficient (Wildman–Crippen LogP) is 6.24. The van der Waals surface area contributed by atoms with Gasteiger partial charge in [-0.25, -0.2) is 0 Å². The molecule has 2 nitrogen and oxygen atoms in total. The summed E-state index contributed by atoms with van der Waals surface area (Å²) in [4.78, 5) is 3.32. The lowest BCUT2D eigenvalue weighted by Crippen LogP contribution is -1.82. The molecular formula is C19H12N2S2. The summed E-state index contributed by atoms with van der Waals surface area (Å²) in [6, 6.07) is 13.4. The van der Waals surface area contributed by atoms with Crippen molar-refractivity contribution in [1.82, 2.24) is 9.55 Å². The quantitative estimate of drug-likeness (QED) is 0.340. The molecule has 4 heteroatoms. The van der Waals surface area contributed by atoms with Crippen LogP contribution >= 0.6 is 22.7 Å². The maximum Gasteiger partial charge on any atom is 0.0542 e. The molecule has 0 radical (unpaired) electrons. The zero-order valence-corrected chi connectivity index (χ0v) is 14.0. The normalized spacial score (nSPS) is 12.6. The second-order valence-electron chi connectivity index (χ2n) is 6.05. The van der Waals surface area contributed by atoms with Gasteiger partial charge in [-0.3, -0.25) is 0 Å². The number of H-pyrrole nitrogens is 1. The molecule has 6 rings (SSSR count). The Morgan fingerprint density at radius 3 is 2.30 bits per heavy atom. The SMILES string of the molecule is Cn1ccc2c3sc4c5ccc6[nH]ccc6c5sc4c3ccc21. The Bertz CT molecular complexity index is 1370. The van der Waals surface area contributed by atoms with E-state index in [0.29, 0.717) is 0 Å². The van der Waals surface area contributed by atoms with E-state index in [9.17, 15) is 0 Å². The first kappa shape index (κ1) is 12.2. The fourth-order valence-corrected chi connectivity index (χ4v) is 6.54. The second-order valence-corrected chi connectivity index (χ2v) is 8.09. The van der Waals surface area contributed by atoms with Gasteiger partial charge >= 0.3 is 0 Å². The number of aryl methyl sites for hydroxylation is 1. The van der Waals surface area contributed by atoms with E-state index in [0.717, 1.165) is 0 Å². The fraction of sp³-hybridized carbons (Fsp3) is 0.0526. The number of nitrogens with zero attached hydrogens (tertiary/aromatic N) is 1. The van der Waals surface area contributed by atoms with Crippen molar-refractivity contribution in [1.29, 1.82) is 0 Å². The Labute approximate surface area is 139 Å². The van der Waals surface area contributed by atoms with Crippen LogP contribution in [0.15, 0.2) is 48.8 Å². The van der Waals surface area contributed by atoms with Gasteiger partial charge < -0.3 is 9.55 Å². The van der Waals surface area contributed by atoms with E-state index in [1.807, 2.05) is 28.9 Å². The zero-order valence-electron chi connectivity index (χ0n) is 12.4. The van der Waals surface area contributed by atoms with Crippen LogP contribution in [0.2, 0.25) is 0 Å². The van der Waals surface area contributed by atoms with Crippen molar-refractivity contribution in [2.45, 2.75) is 0 Å². The van der Waals surface area contributed by atoms with Crippen LogP contribution in [0.3, 0.4) is 0 Å². The summed E-state index contributed by atoms with van der Waals surface area (Å²) in [6.07, 6.45) is 4.18. The van der Waals surface area contributed by atoms with Crippen LogP contribution in [0.5, 0.6) is 0 Å². The molecular weight excluding hydrogens is 320 g/mol. The van der Waals surface area contributed by atoms with E-state index in [1.165, 1.54) is 51.4 Å². The topological polar surface area (TPSA) is 20.7 Å². The Kier molecular flexibility index (Phi) is 2.10. The van der Waals surface area contributed by atoms with Gasteiger partial charge in [0.25, 0.3) is 0 Å². The molecule has 0 atom stereocenters. The highest BCUT2D eigenvalue weighted by Gasteiger charge is 2.16. The van der Waals surface area contributed by atoms with Crippen molar-refractivity contribution in [3.63, 3.8) is 0 Å². The molecule has 0 aliphatic rings. The standard InChI is InChI=1S/C19H12N2S2/c1-21-9-7-11-15(21)5-3-13-17(11)23-18-12-2-4-14-10(6-8-20-14)16(12)22-19(13)18/h2-9,20H,1H3. The molecule has 4 aromatic heterocycles. The molecule has 0 unspecified atom stereocenters. The summed E-state index contributed by atoms with van der Waals surface area (Å²) < 4.78 is 7.88. The van der Waals surface area contributed by atoms with Crippen molar-refractivity contribution in [2.24, 2.45) is 7.05 Å². The van der Waals surface area contributed by atoms with E-state index in [2.05, 4.69) is 59.2 Å². The summed E-state index contributed by atoms with van der Waals surface area (Å²) in [5.74, 6) is 0. The van der Waals surface area contributed by atoms with Gasteiger partial charge in [-0.15, -0.1) is 22.7 Å². The number of rotatable bonds is 0. The third kappa shape index (κ3) is 1.39. The lowest BCUT2D eigenvalue weighted by atomic mass is 10.1. The molecule has 1 N–H and O–H groups in total. The van der Waals surface area contributed by atoms with E-state index < -0.39 is 0 Å². The summed E-state index contributed by atoms with van der Waals surface area (Å²) >= 11 is 3.87. The maximum atomic E-state index is 3.32. The highest BCUT2D eigenvalue weighted by Crippen LogP contribution is 2.47. The number of aromatic amines is 1. The number of hydrogen-bond donors (Lipinski definition) is 1. The number of hydrogen-bond acceptors (Lipinski definition) is 2. The molecule has 23 heavy (non-hydrogen) atoms. The number of aromatic nitrogens is 2. The Balaban J connectivity index is 1.88. The highest BCUT2D eigenvalue weighted by atomic mass is 32.1. The first-order valence-electron chi connectivity index (χ1n) is 7.60. The molecule has 6 aromatic rings. The third-order valence-electron chi connectivity index (χ3n) is 4.81. The average Bonchev–Trinajstić information content (AvgIpc) is 3.28. The smallest absolute Gasteiger partial charge is 0.0542 e. The van der Waals surface area contributed by atoms with Gasteiger partial charge in [0.05, 0.1) is 9.40 Å². The maximum absolute atomic E-state index is 3.32. The van der Waals surface area contributed by atoms with E-state index in [1.54, 1.807) is 0 Å². The predicted molar refractivity (Wildman–Crippen MR) is 103 cm³/mol. The van der Waals surface area contributed by atoms with Crippen molar-refractivity contribution in [3.8, 4) is 0 Å². The fourth-order valence-electron chi connectivity index (χ4n) is 3.66. The molecule has 0 aliphatic carbocycles. The van der Waals surface area contributed by atoms with Gasteiger partial charge in [0.15, 0.2) is 0 Å². The molecule has 4 heterocycles. The van der Waals surface area contributed by atoms with Gasteiger partial charge in [-0.1, -0.05) is 0 Å². The van der Waals surface area contributed by atoms with Gasteiger partial charge in [0.1, 0.15) is 0 Å². The minimum absolute atomic E-state index is 1.22. The minimum Gasteiger partial charge on any atom is -0.361 e. The molecule has 0 fully saturated rings. The average molecular weight is 332 g/mol. The van der Waals surface area contributed by atoms with Gasteiger partial charge in [-0.2, -0.15) is 0 Å². The number of benzene rings is 2. The van der Waals surface area contributed by atoms with Crippen LogP contribution in [0, 0.1) is 0 Å². The Hall–Kier alpha value is -2.30. The van der Waals surface area contributed by atoms with E-state index in [4.69, 9.17) is 0 Å². The molecule has 110 valence electrons. The van der Waals surface area contributed by atoms with Gasteiger partial charge in [0, 0.05) is 61.4 Å². The number of nitrogens with one attached hydrogen (secondary N) is 1. The van der Waals surface area contributed by atoms with E-state index >= 15 is 0 Å². The monoisotopic (exact) mass is 332 g/mol. The molecule has 0 saturated heterocycles. The first-order valence-corrected chi connectivity index (χ1v) is 9.23. The molecule has 2 aromatic carbocycles. The Morgan fingerprint density at radius 2 is 1.48 bits per heavy atom. The minimum atomic E-state index is 1.22. The largest absolute Gasteiger partial charge is 0.361 e. The van der Waals surface area contributed by atoms with Crippen molar-refractivity contribution < 1.29 is 0 Å². The number of fused-ring (bicyclic) bond motifs is 9. The highest BCUT2D eigenvalue weighted by molar-refractivity contribution is 7.37. The number of thiophene rings is 2. The lowest BCUT2D eigenvalue weighted by molar-refractivity contribution is 0.970. The van der Waals surface area contributed by atoms with Crippen LogP contribution in [0.4, 0.5) is 0 Å². The summed E-state index contributed by atoms with van der Waals surface area (Å²) in [5.41, 5.74) is 2.53. The van der Waals surface area contributed by atoms with Crippen LogP contribution in [-0.2, 0) is 7.05 Å². The summed E-state index contributed by atoms with van der Waals surface area (Å²) in [7, 11) is 2.11. The first-order chi connectivity index (χ1) is 11.3. The molecule has 0 saturated carbocycles. The van der Waals surface area contributed by atoms with Crippen molar-refractivity contribution in [3.05, 3.63) is 48.8 Å². The van der Waals surface area contributed by atoms with Gasteiger partial charge in [-0.05, 0) is 36.4 Å². The summed E-state index contributed by atoms with van der Waals surface area (Å²) in [5, 5.41) is 5.50. The molecule has 0 spiro atoms. The van der Waals surface area contributed by atoms with Crippen LogP contribution < -0.4 is 0 Å². The van der Waals surface area contributed by atoms with Crippen LogP contribution in [0.1, 0.15) is 0 Å². The Morgan fingerprint density at radius 1 is 0.739 bits per heavy atom. The zero-order chi connectivity index (χ0) is 15.1. The van der Waals surface area contributed by atoms with E-state index in [-0.39, 0.29) is 0 Å².